The van der Waals surface area contributed by atoms with Gasteiger partial charge in [-0.25, -0.2) is 0 Å². The molecular weight excluding hydrogens is 248 g/mol. The fourth-order valence-electron chi connectivity index (χ4n) is 3.83. The van der Waals surface area contributed by atoms with Crippen molar-refractivity contribution in [2.24, 2.45) is 11.3 Å². The molecule has 3 nitrogen and oxygen atoms in total. The maximum absolute atomic E-state index is 12.3. The van der Waals surface area contributed by atoms with E-state index in [1.807, 2.05) is 0 Å². The van der Waals surface area contributed by atoms with E-state index in [0.29, 0.717) is 11.3 Å². The van der Waals surface area contributed by atoms with Crippen molar-refractivity contribution in [3.63, 3.8) is 0 Å². The van der Waals surface area contributed by atoms with Crippen LogP contribution in [0.5, 0.6) is 0 Å². The van der Waals surface area contributed by atoms with Crippen molar-refractivity contribution in [1.82, 2.24) is 10.2 Å². The lowest BCUT2D eigenvalue weighted by molar-refractivity contribution is -0.141. The summed E-state index contributed by atoms with van der Waals surface area (Å²) in [6.45, 7) is 3.88. The van der Waals surface area contributed by atoms with E-state index in [1.165, 1.54) is 44.9 Å². The maximum Gasteiger partial charge on any atom is 0.228 e. The molecule has 2 heterocycles. The molecule has 4 heteroatoms. The molecule has 3 aliphatic rings. The zero-order valence-electron chi connectivity index (χ0n) is 11.1. The maximum atomic E-state index is 12.3. The first-order valence-corrected chi connectivity index (χ1v) is 7.29. The highest BCUT2D eigenvalue weighted by molar-refractivity contribution is 5.85. The van der Waals surface area contributed by atoms with Gasteiger partial charge in [-0.3, -0.25) is 4.79 Å². The van der Waals surface area contributed by atoms with E-state index in [1.54, 1.807) is 0 Å². The minimum absolute atomic E-state index is 0. The van der Waals surface area contributed by atoms with E-state index in [4.69, 9.17) is 0 Å². The second kappa shape index (κ2) is 5.79. The fraction of sp³-hybridized carbons (Fsp3) is 0.929. The van der Waals surface area contributed by atoms with E-state index in [-0.39, 0.29) is 18.3 Å². The summed E-state index contributed by atoms with van der Waals surface area (Å²) in [4.78, 5) is 14.5. The standard InChI is InChI=1S/C14H24N2O.ClH/c17-13(12-9-15-10-12)16-8-4-7-14(11-16)5-2-1-3-6-14;/h12,15H,1-11H2;1H. The van der Waals surface area contributed by atoms with Crippen molar-refractivity contribution in [3.05, 3.63) is 0 Å². The van der Waals surface area contributed by atoms with Gasteiger partial charge in [-0.15, -0.1) is 12.4 Å². The second-order valence-corrected chi connectivity index (χ2v) is 6.28. The average molecular weight is 273 g/mol. The number of halogens is 1. The number of hydrogen-bond acceptors (Lipinski definition) is 2. The number of hydrogen-bond donors (Lipinski definition) is 1. The average Bonchev–Trinajstić information content (AvgIpc) is 2.28. The molecule has 3 rings (SSSR count). The smallest absolute Gasteiger partial charge is 0.228 e. The Balaban J connectivity index is 0.00000120. The van der Waals surface area contributed by atoms with Crippen LogP contribution in [0.25, 0.3) is 0 Å². The summed E-state index contributed by atoms with van der Waals surface area (Å²) < 4.78 is 0. The third kappa shape index (κ3) is 2.67. The summed E-state index contributed by atoms with van der Waals surface area (Å²) >= 11 is 0. The van der Waals surface area contributed by atoms with Gasteiger partial charge in [0.05, 0.1) is 5.92 Å². The molecule has 1 amide bonds. The largest absolute Gasteiger partial charge is 0.342 e. The first-order chi connectivity index (χ1) is 8.29. The van der Waals surface area contributed by atoms with Gasteiger partial charge >= 0.3 is 0 Å². The molecule has 0 aromatic heterocycles. The number of carbonyl (C=O) groups is 1. The molecule has 2 aliphatic heterocycles. The molecule has 0 aromatic carbocycles. The van der Waals surface area contributed by atoms with Crippen LogP contribution in [0, 0.1) is 11.3 Å². The Kier molecular flexibility index (Phi) is 4.54. The highest BCUT2D eigenvalue weighted by atomic mass is 35.5. The Morgan fingerprint density at radius 2 is 1.72 bits per heavy atom. The van der Waals surface area contributed by atoms with Gasteiger partial charge in [-0.1, -0.05) is 19.3 Å². The number of nitrogens with one attached hydrogen (secondary N) is 1. The summed E-state index contributed by atoms with van der Waals surface area (Å²) in [5, 5.41) is 3.20. The monoisotopic (exact) mass is 272 g/mol. The highest BCUT2D eigenvalue weighted by Crippen LogP contribution is 2.43. The number of piperidine rings is 1. The van der Waals surface area contributed by atoms with Crippen LogP contribution in [0.4, 0.5) is 0 Å². The van der Waals surface area contributed by atoms with Crippen molar-refractivity contribution in [2.75, 3.05) is 26.2 Å². The molecule has 3 fully saturated rings. The van der Waals surface area contributed by atoms with Crippen molar-refractivity contribution in [2.45, 2.75) is 44.9 Å². The molecule has 0 aromatic rings. The second-order valence-electron chi connectivity index (χ2n) is 6.28. The number of carbonyl (C=O) groups excluding carboxylic acids is 1. The molecule has 2 saturated heterocycles. The molecule has 0 unspecified atom stereocenters. The number of likely N-dealkylation sites (tertiary alicyclic amines) is 1. The molecule has 1 saturated carbocycles. The molecule has 104 valence electrons. The topological polar surface area (TPSA) is 32.3 Å². The molecule has 0 radical (unpaired) electrons. The normalized spacial score (nSPS) is 27.4. The Morgan fingerprint density at radius 3 is 2.33 bits per heavy atom. The molecule has 0 atom stereocenters. The van der Waals surface area contributed by atoms with Crippen molar-refractivity contribution in [1.29, 1.82) is 0 Å². The first-order valence-electron chi connectivity index (χ1n) is 7.29. The van der Waals surface area contributed by atoms with Gasteiger partial charge in [-0.2, -0.15) is 0 Å². The van der Waals surface area contributed by atoms with E-state index in [9.17, 15) is 4.79 Å². The van der Waals surface area contributed by atoms with Crippen LogP contribution in [0.3, 0.4) is 0 Å². The van der Waals surface area contributed by atoms with Gasteiger partial charge in [0.15, 0.2) is 0 Å². The Hall–Kier alpha value is -0.280. The zero-order valence-corrected chi connectivity index (χ0v) is 11.9. The lowest BCUT2D eigenvalue weighted by Gasteiger charge is -2.46. The summed E-state index contributed by atoms with van der Waals surface area (Å²) in [7, 11) is 0. The predicted octanol–water partition coefficient (Wildman–Crippen LogP) is 2.20. The molecule has 0 bridgehead atoms. The number of amides is 1. The summed E-state index contributed by atoms with van der Waals surface area (Å²) in [6.07, 6.45) is 9.48. The van der Waals surface area contributed by atoms with Crippen LogP contribution < -0.4 is 5.32 Å². The Bertz CT molecular complexity index is 293. The zero-order chi connectivity index (χ0) is 11.7. The summed E-state index contributed by atoms with van der Waals surface area (Å²) in [5.74, 6) is 0.710. The van der Waals surface area contributed by atoms with E-state index < -0.39 is 0 Å². The predicted molar refractivity (Wildman–Crippen MR) is 74.9 cm³/mol. The highest BCUT2D eigenvalue weighted by Gasteiger charge is 2.40. The quantitative estimate of drug-likeness (QED) is 0.794. The molecular formula is C14H25ClN2O. The first kappa shape index (κ1) is 14.1. The van der Waals surface area contributed by atoms with E-state index in [0.717, 1.165) is 26.2 Å². The van der Waals surface area contributed by atoms with Gasteiger partial charge in [0.25, 0.3) is 0 Å². The minimum atomic E-state index is 0. The molecule has 18 heavy (non-hydrogen) atoms. The Morgan fingerprint density at radius 1 is 1.06 bits per heavy atom. The van der Waals surface area contributed by atoms with Crippen LogP contribution in [-0.2, 0) is 4.79 Å². The van der Waals surface area contributed by atoms with Crippen molar-refractivity contribution >= 4 is 18.3 Å². The van der Waals surface area contributed by atoms with Gasteiger partial charge in [-0.05, 0) is 31.1 Å². The summed E-state index contributed by atoms with van der Waals surface area (Å²) in [6, 6.07) is 0. The number of nitrogens with zero attached hydrogens (tertiary/aromatic N) is 1. The third-order valence-electron chi connectivity index (χ3n) is 5.02. The lowest BCUT2D eigenvalue weighted by Crippen LogP contribution is -2.55. The SMILES string of the molecule is Cl.O=C(C1CNC1)N1CCCC2(CCCCC2)C1. The third-order valence-corrected chi connectivity index (χ3v) is 5.02. The van der Waals surface area contributed by atoms with Gasteiger partial charge in [0.1, 0.15) is 0 Å². The van der Waals surface area contributed by atoms with Crippen LogP contribution in [-0.4, -0.2) is 37.0 Å². The Labute approximate surface area is 116 Å². The van der Waals surface area contributed by atoms with Crippen molar-refractivity contribution in [3.8, 4) is 0 Å². The molecule has 1 spiro atoms. The van der Waals surface area contributed by atoms with Crippen LogP contribution in [0.2, 0.25) is 0 Å². The van der Waals surface area contributed by atoms with Crippen molar-refractivity contribution < 1.29 is 4.79 Å². The summed E-state index contributed by atoms with van der Waals surface area (Å²) in [5.41, 5.74) is 0.503. The van der Waals surface area contributed by atoms with Gasteiger partial charge in [0, 0.05) is 26.2 Å². The lowest BCUT2D eigenvalue weighted by atomic mass is 9.69. The van der Waals surface area contributed by atoms with E-state index >= 15 is 0 Å². The molecule has 1 aliphatic carbocycles. The van der Waals surface area contributed by atoms with Crippen LogP contribution in [0.15, 0.2) is 0 Å². The molecule has 1 N–H and O–H groups in total. The van der Waals surface area contributed by atoms with E-state index in [2.05, 4.69) is 10.2 Å². The van der Waals surface area contributed by atoms with Crippen LogP contribution in [0.1, 0.15) is 44.9 Å². The van der Waals surface area contributed by atoms with Gasteiger partial charge in [0.2, 0.25) is 5.91 Å². The number of rotatable bonds is 1. The van der Waals surface area contributed by atoms with Gasteiger partial charge < -0.3 is 10.2 Å². The fourth-order valence-corrected chi connectivity index (χ4v) is 3.83. The van der Waals surface area contributed by atoms with Crippen LogP contribution >= 0.6 is 12.4 Å². The minimum Gasteiger partial charge on any atom is -0.342 e.